The van der Waals surface area contributed by atoms with Gasteiger partial charge in [0.05, 0.1) is 6.10 Å². The minimum atomic E-state index is -0.189. The molecule has 1 saturated heterocycles. The van der Waals surface area contributed by atoms with Crippen LogP contribution in [0.1, 0.15) is 31.7 Å². The monoisotopic (exact) mass is 334 g/mol. The number of halogens is 1. The van der Waals surface area contributed by atoms with Crippen LogP contribution < -0.4 is 5.56 Å². The van der Waals surface area contributed by atoms with Crippen LogP contribution >= 0.6 is 11.6 Å². The summed E-state index contributed by atoms with van der Waals surface area (Å²) in [6, 6.07) is 7.50. The highest BCUT2D eigenvalue weighted by Crippen LogP contribution is 2.23. The lowest BCUT2D eigenvalue weighted by atomic mass is 9.90. The maximum atomic E-state index is 12.3. The van der Waals surface area contributed by atoms with Crippen LogP contribution in [0.3, 0.4) is 0 Å². The minimum Gasteiger partial charge on any atom is -0.393 e. The van der Waals surface area contributed by atoms with Gasteiger partial charge in [-0.15, -0.1) is 0 Å². The van der Waals surface area contributed by atoms with E-state index >= 15 is 0 Å². The molecule has 0 radical (unpaired) electrons. The Bertz CT molecular complexity index is 735. The second-order valence-electron chi connectivity index (χ2n) is 6.44. The van der Waals surface area contributed by atoms with Crippen molar-refractivity contribution < 1.29 is 5.11 Å². The number of hydrogen-bond donors (Lipinski definition) is 2. The molecule has 0 saturated carbocycles. The van der Waals surface area contributed by atoms with Gasteiger partial charge in [0.1, 0.15) is 0 Å². The van der Waals surface area contributed by atoms with Gasteiger partial charge in [-0.1, -0.05) is 24.6 Å². The molecule has 1 aliphatic rings. The van der Waals surface area contributed by atoms with Crippen molar-refractivity contribution in [3.63, 3.8) is 0 Å². The Hall–Kier alpha value is -1.36. The molecule has 0 aliphatic carbocycles. The molecule has 1 aromatic carbocycles. The van der Waals surface area contributed by atoms with Crippen LogP contribution in [0, 0.1) is 5.92 Å². The minimum absolute atomic E-state index is 0.0458. The van der Waals surface area contributed by atoms with Gasteiger partial charge in [-0.3, -0.25) is 9.69 Å². The van der Waals surface area contributed by atoms with E-state index in [9.17, 15) is 9.90 Å². The first-order valence-electron chi connectivity index (χ1n) is 8.28. The average Bonchev–Trinajstić information content (AvgIpc) is 2.55. The molecule has 2 aromatic rings. The summed E-state index contributed by atoms with van der Waals surface area (Å²) < 4.78 is 0. The fourth-order valence-corrected chi connectivity index (χ4v) is 3.58. The Morgan fingerprint density at radius 1 is 1.35 bits per heavy atom. The third kappa shape index (κ3) is 3.77. The zero-order chi connectivity index (χ0) is 16.4. The molecule has 1 atom stereocenters. The van der Waals surface area contributed by atoms with Gasteiger partial charge >= 0.3 is 0 Å². The van der Waals surface area contributed by atoms with Crippen molar-refractivity contribution in [1.29, 1.82) is 0 Å². The van der Waals surface area contributed by atoms with E-state index in [1.165, 1.54) is 0 Å². The topological polar surface area (TPSA) is 56.3 Å². The molecule has 124 valence electrons. The molecule has 5 heteroatoms. The Morgan fingerprint density at radius 3 is 2.78 bits per heavy atom. The standard InChI is InChI=1S/C18H23ClN2O2/c1-2-17(22)12-5-7-21(8-6-12)11-14-9-13-3-4-15(19)10-16(13)20-18(14)23/h3-4,9-10,12,17,22H,2,5-8,11H2,1H3,(H,20,23)/t17-/m1/s1. The Kier molecular flexibility index (Phi) is 5.05. The number of aromatic nitrogens is 1. The number of piperidine rings is 1. The molecule has 1 fully saturated rings. The lowest BCUT2D eigenvalue weighted by Gasteiger charge is -2.33. The van der Waals surface area contributed by atoms with Crippen LogP contribution in [0.25, 0.3) is 10.9 Å². The number of benzene rings is 1. The van der Waals surface area contributed by atoms with Gasteiger partial charge in [0.15, 0.2) is 0 Å². The summed E-state index contributed by atoms with van der Waals surface area (Å²) in [6.07, 6.45) is 2.62. The van der Waals surface area contributed by atoms with Crippen molar-refractivity contribution in [2.45, 2.75) is 38.8 Å². The summed E-state index contributed by atoms with van der Waals surface area (Å²) in [5, 5.41) is 11.6. The number of hydrogen-bond acceptors (Lipinski definition) is 3. The van der Waals surface area contributed by atoms with Gasteiger partial charge in [0.25, 0.3) is 5.56 Å². The molecule has 1 aromatic heterocycles. The van der Waals surface area contributed by atoms with Crippen molar-refractivity contribution in [3.8, 4) is 0 Å². The molecule has 0 unspecified atom stereocenters. The molecule has 1 aliphatic heterocycles. The molecule has 0 bridgehead atoms. The molecule has 0 spiro atoms. The van der Waals surface area contributed by atoms with E-state index in [0.717, 1.165) is 48.8 Å². The van der Waals surface area contributed by atoms with Crippen LogP contribution in [0.4, 0.5) is 0 Å². The molecular weight excluding hydrogens is 312 g/mol. The first-order valence-corrected chi connectivity index (χ1v) is 8.66. The van der Waals surface area contributed by atoms with Crippen molar-refractivity contribution in [3.05, 3.63) is 45.2 Å². The molecule has 23 heavy (non-hydrogen) atoms. The number of likely N-dealkylation sites (tertiary alicyclic amines) is 1. The number of aliphatic hydroxyl groups is 1. The predicted molar refractivity (Wildman–Crippen MR) is 93.9 cm³/mol. The number of pyridine rings is 1. The zero-order valence-corrected chi connectivity index (χ0v) is 14.1. The summed E-state index contributed by atoms with van der Waals surface area (Å²) in [5.74, 6) is 0.397. The van der Waals surface area contributed by atoms with Crippen LogP contribution in [0.2, 0.25) is 5.02 Å². The van der Waals surface area contributed by atoms with Gasteiger partial charge in [0, 0.05) is 22.6 Å². The van der Waals surface area contributed by atoms with E-state index in [1.54, 1.807) is 6.07 Å². The molecule has 2 heterocycles. The van der Waals surface area contributed by atoms with E-state index < -0.39 is 0 Å². The van der Waals surface area contributed by atoms with E-state index in [-0.39, 0.29) is 11.7 Å². The van der Waals surface area contributed by atoms with Crippen LogP contribution in [-0.4, -0.2) is 34.2 Å². The summed E-state index contributed by atoms with van der Waals surface area (Å²) in [5.41, 5.74) is 1.51. The van der Waals surface area contributed by atoms with Gasteiger partial charge in [-0.05, 0) is 61.9 Å². The van der Waals surface area contributed by atoms with Gasteiger partial charge in [-0.2, -0.15) is 0 Å². The van der Waals surface area contributed by atoms with Crippen molar-refractivity contribution >= 4 is 22.5 Å². The van der Waals surface area contributed by atoms with Crippen LogP contribution in [0.5, 0.6) is 0 Å². The molecule has 3 rings (SSSR count). The fraction of sp³-hybridized carbons (Fsp3) is 0.500. The normalized spacial score (nSPS) is 18.4. The number of rotatable bonds is 4. The molecule has 4 nitrogen and oxygen atoms in total. The third-order valence-corrected chi connectivity index (χ3v) is 5.11. The molecular formula is C18H23ClN2O2. The highest BCUT2D eigenvalue weighted by atomic mass is 35.5. The van der Waals surface area contributed by atoms with E-state index in [4.69, 9.17) is 11.6 Å². The SMILES string of the molecule is CC[C@@H](O)C1CCN(Cc2cc3ccc(Cl)cc3[nH]c2=O)CC1. The van der Waals surface area contributed by atoms with Gasteiger partial charge in [0.2, 0.25) is 0 Å². The van der Waals surface area contributed by atoms with E-state index in [1.807, 2.05) is 25.1 Å². The summed E-state index contributed by atoms with van der Waals surface area (Å²) >= 11 is 5.97. The predicted octanol–water partition coefficient (Wildman–Crippen LogP) is 3.16. The average molecular weight is 335 g/mol. The lowest BCUT2D eigenvalue weighted by molar-refractivity contribution is 0.0549. The second-order valence-corrected chi connectivity index (χ2v) is 6.88. The van der Waals surface area contributed by atoms with Crippen molar-refractivity contribution in [1.82, 2.24) is 9.88 Å². The number of nitrogens with one attached hydrogen (secondary N) is 1. The maximum Gasteiger partial charge on any atom is 0.252 e. The summed E-state index contributed by atoms with van der Waals surface area (Å²) in [4.78, 5) is 17.5. The maximum absolute atomic E-state index is 12.3. The fourth-order valence-electron chi connectivity index (χ4n) is 3.41. The summed E-state index contributed by atoms with van der Waals surface area (Å²) in [6.45, 7) is 4.54. The highest BCUT2D eigenvalue weighted by molar-refractivity contribution is 6.31. The molecule has 0 amide bonds. The van der Waals surface area contributed by atoms with E-state index in [0.29, 0.717) is 17.5 Å². The van der Waals surface area contributed by atoms with Crippen molar-refractivity contribution in [2.24, 2.45) is 5.92 Å². The molecule has 2 N–H and O–H groups in total. The lowest BCUT2D eigenvalue weighted by Crippen LogP contribution is -2.38. The first-order chi connectivity index (χ1) is 11.1. The Morgan fingerprint density at radius 2 is 2.09 bits per heavy atom. The highest BCUT2D eigenvalue weighted by Gasteiger charge is 2.24. The number of H-pyrrole nitrogens is 1. The van der Waals surface area contributed by atoms with Crippen LogP contribution in [0.15, 0.2) is 29.1 Å². The Balaban J connectivity index is 1.71. The quantitative estimate of drug-likeness (QED) is 0.903. The number of nitrogens with zero attached hydrogens (tertiary/aromatic N) is 1. The Labute approximate surface area is 141 Å². The smallest absolute Gasteiger partial charge is 0.252 e. The number of aromatic amines is 1. The third-order valence-electron chi connectivity index (χ3n) is 4.87. The zero-order valence-electron chi connectivity index (χ0n) is 13.4. The number of fused-ring (bicyclic) bond motifs is 1. The van der Waals surface area contributed by atoms with Crippen molar-refractivity contribution in [2.75, 3.05) is 13.1 Å². The largest absolute Gasteiger partial charge is 0.393 e. The van der Waals surface area contributed by atoms with Crippen LogP contribution in [-0.2, 0) is 6.54 Å². The van der Waals surface area contributed by atoms with Gasteiger partial charge in [-0.25, -0.2) is 0 Å². The van der Waals surface area contributed by atoms with E-state index in [2.05, 4.69) is 9.88 Å². The second kappa shape index (κ2) is 7.04. The van der Waals surface area contributed by atoms with Gasteiger partial charge < -0.3 is 10.1 Å². The number of aliphatic hydroxyl groups excluding tert-OH is 1. The summed E-state index contributed by atoms with van der Waals surface area (Å²) in [7, 11) is 0. The first kappa shape index (κ1) is 16.5.